The van der Waals surface area contributed by atoms with E-state index in [4.69, 9.17) is 0 Å². The average Bonchev–Trinajstić information content (AvgIpc) is 1.00. The van der Waals surface area contributed by atoms with Crippen LogP contribution >= 0.6 is 0 Å². The van der Waals surface area contributed by atoms with Gasteiger partial charge in [-0.15, -0.1) is 0 Å². The number of hydrogen-bond acceptors (Lipinski definition) is 0. The van der Waals surface area contributed by atoms with E-state index in [1.807, 2.05) is 0 Å². The topological polar surface area (TPSA) is 0 Å². The molecule has 0 N–H and O–H groups in total. The molecule has 0 aliphatic heterocycles. The van der Waals surface area contributed by atoms with Gasteiger partial charge in [0.25, 0.3) is 0 Å². The van der Waals surface area contributed by atoms with Gasteiger partial charge >= 0.3 is 111 Å². The quantitative estimate of drug-likeness (QED) is 0.410. The summed E-state index contributed by atoms with van der Waals surface area (Å²) in [5.74, 6) is 0. The Bertz CT molecular complexity index is 8.00. The molecular formula is H7BaCaFeSi. The van der Waals surface area contributed by atoms with Crippen molar-refractivity contribution in [1.82, 2.24) is 0 Å². The van der Waals surface area contributed by atoms with E-state index in [1.165, 1.54) is 0 Å². The van der Waals surface area contributed by atoms with Gasteiger partial charge in [-0.05, 0) is 0 Å². The molecule has 23 valence electrons. The molecule has 0 unspecified atom stereocenters. The van der Waals surface area contributed by atoms with E-state index in [-0.39, 0.29) is 86.6 Å². The van der Waals surface area contributed by atoms with Crippen LogP contribution < -0.4 is 0 Å². The van der Waals surface area contributed by atoms with Crippen molar-refractivity contribution in [2.24, 2.45) is 0 Å². The van der Waals surface area contributed by atoms with Crippen molar-refractivity contribution in [3.8, 4) is 0 Å². The maximum absolute atomic E-state index is 3.39. The maximum atomic E-state index is 3.39. The van der Waals surface area contributed by atoms with Gasteiger partial charge in [0.2, 0.25) is 0 Å². The first kappa shape index (κ1) is 15.6. The third-order valence-corrected chi connectivity index (χ3v) is 0. The molecule has 0 radical (unpaired) electrons. The normalized spacial score (nSPS) is 2.25. The van der Waals surface area contributed by atoms with E-state index in [0.717, 1.165) is 8.85 Å². The molecule has 0 atom stereocenters. The van der Waals surface area contributed by atoms with Crippen LogP contribution in [-0.4, -0.2) is 95.5 Å². The summed E-state index contributed by atoms with van der Waals surface area (Å²) < 4.78 is 0. The zero-order valence-electron chi connectivity index (χ0n) is 1.35. The van der Waals surface area contributed by atoms with Crippen LogP contribution in [0, 0.1) is 0 Å². The molecule has 0 spiro atoms. The molecule has 0 rings (SSSR count). The molecule has 0 saturated heterocycles. The van der Waals surface area contributed by atoms with Gasteiger partial charge in [-0.1, -0.05) is 0 Å². The number of rotatable bonds is 0. The Morgan fingerprint density at radius 1 is 1.25 bits per heavy atom. The van der Waals surface area contributed by atoms with Gasteiger partial charge in [0.05, 0.1) is 0 Å². The second-order valence-corrected chi connectivity index (χ2v) is 0. The van der Waals surface area contributed by atoms with Crippen molar-refractivity contribution in [3.63, 3.8) is 0 Å². The summed E-state index contributed by atoms with van der Waals surface area (Å²) in [6.07, 6.45) is 0. The monoisotopic (exact) mass is 269 g/mol. The molecule has 0 fully saturated rings. The van der Waals surface area contributed by atoms with Crippen molar-refractivity contribution in [3.05, 3.63) is 0 Å². The van der Waals surface area contributed by atoms with E-state index in [1.54, 1.807) is 0 Å². The van der Waals surface area contributed by atoms with Gasteiger partial charge in [0, 0.05) is 0 Å². The standard InChI is InChI=1S/Ba.Ca.Fe.H3Si.4H/h;;;1H3;;;;. The third-order valence-electron chi connectivity index (χ3n) is 0. The Kier molecular flexibility index (Phi) is 62.6. The van der Waals surface area contributed by atoms with Gasteiger partial charge in [-0.3, -0.25) is 0 Å². The fourth-order valence-electron chi connectivity index (χ4n) is 0. The van der Waals surface area contributed by atoms with Gasteiger partial charge in [0.1, 0.15) is 0 Å². The molecule has 0 aromatic carbocycles. The Hall–Kier alpha value is 3.57. The van der Waals surface area contributed by atoms with E-state index in [0.29, 0.717) is 0 Å². The Balaban J connectivity index is -0.00000000500. The van der Waals surface area contributed by atoms with Crippen LogP contribution in [0.2, 0.25) is 0 Å². The second kappa shape index (κ2) is 16.0. The number of hydrogen-bond donors (Lipinski definition) is 0. The Morgan fingerprint density at radius 3 is 1.25 bits per heavy atom. The average molecular weight is 268 g/mol. The summed E-state index contributed by atoms with van der Waals surface area (Å²) in [6, 6.07) is 0. The minimum atomic E-state index is 0. The van der Waals surface area contributed by atoms with Crippen molar-refractivity contribution >= 4 is 95.5 Å². The molecule has 0 saturated carbocycles. The van der Waals surface area contributed by atoms with Crippen LogP contribution in [0.3, 0.4) is 0 Å². The first-order valence-electron chi connectivity index (χ1n) is 0.354. The summed E-state index contributed by atoms with van der Waals surface area (Å²) in [7, 11) is 1.06. The Morgan fingerprint density at radius 2 is 1.25 bits per heavy atom. The minimum absolute atomic E-state index is 0. The van der Waals surface area contributed by atoms with E-state index < -0.39 is 0 Å². The zero-order chi connectivity index (χ0) is 2.00. The molecule has 0 amide bonds. The van der Waals surface area contributed by atoms with Gasteiger partial charge in [-0.25, -0.2) is 0 Å². The van der Waals surface area contributed by atoms with Crippen molar-refractivity contribution in [1.29, 1.82) is 0 Å². The van der Waals surface area contributed by atoms with Crippen LogP contribution in [0.4, 0.5) is 0 Å². The van der Waals surface area contributed by atoms with Crippen LogP contribution in [0.1, 0.15) is 0 Å². The van der Waals surface area contributed by atoms with E-state index in [9.17, 15) is 0 Å². The third kappa shape index (κ3) is 9.13. The van der Waals surface area contributed by atoms with Gasteiger partial charge in [0.15, 0.2) is 0 Å². The zero-order valence-corrected chi connectivity index (χ0v) is 4.46. The van der Waals surface area contributed by atoms with Crippen molar-refractivity contribution in [2.45, 2.75) is 0 Å². The summed E-state index contributed by atoms with van der Waals surface area (Å²) in [5, 5.41) is 0. The summed E-state index contributed by atoms with van der Waals surface area (Å²) in [4.78, 5) is 0. The molecule has 0 aliphatic carbocycles. The van der Waals surface area contributed by atoms with Crippen LogP contribution in [-0.2, 0) is 15.4 Å². The van der Waals surface area contributed by atoms with Crippen LogP contribution in [0.15, 0.2) is 0 Å². The van der Waals surface area contributed by atoms with Crippen LogP contribution in [0.25, 0.3) is 0 Å². The molecular weight excluding hydrogens is 261 g/mol. The predicted octanol–water partition coefficient (Wildman–Crippen LogP) is -3.02. The first-order valence-corrected chi connectivity index (χ1v) is 4.37. The molecule has 4 heavy (non-hydrogen) atoms. The van der Waals surface area contributed by atoms with Crippen LogP contribution in [0.5, 0.6) is 0 Å². The van der Waals surface area contributed by atoms with Gasteiger partial charge < -0.3 is 0 Å². The van der Waals surface area contributed by atoms with E-state index in [2.05, 4.69) is 15.4 Å². The first-order chi connectivity index (χ1) is 1.00. The molecule has 0 nitrogen and oxygen atoms in total. The molecule has 0 aromatic heterocycles. The molecule has 0 bridgehead atoms. The summed E-state index contributed by atoms with van der Waals surface area (Å²) in [5.41, 5.74) is 0. The SMILES string of the molecule is [BaH2].[CaH2].[SiH3][Fe]. The van der Waals surface area contributed by atoms with Crippen molar-refractivity contribution in [2.75, 3.05) is 0 Å². The molecule has 0 heterocycles. The predicted molar refractivity (Wildman–Crippen MR) is 27.0 cm³/mol. The van der Waals surface area contributed by atoms with Gasteiger partial charge in [-0.2, -0.15) is 0 Å². The fraction of sp³-hybridized carbons (Fsp3) is 0. The van der Waals surface area contributed by atoms with Crippen molar-refractivity contribution < 1.29 is 15.4 Å². The second-order valence-electron chi connectivity index (χ2n) is 0. The summed E-state index contributed by atoms with van der Waals surface area (Å²) in [6.45, 7) is 0. The Labute approximate surface area is 108 Å². The molecule has 4 heteroatoms. The molecule has 0 aliphatic rings. The summed E-state index contributed by atoms with van der Waals surface area (Å²) >= 11 is 3.39. The fourth-order valence-corrected chi connectivity index (χ4v) is 0. The molecule has 0 aromatic rings. The van der Waals surface area contributed by atoms with E-state index >= 15 is 0 Å².